The molecule has 5 heteroatoms. The molecule has 0 aliphatic heterocycles. The zero-order chi connectivity index (χ0) is 39.3. The van der Waals surface area contributed by atoms with E-state index in [0.29, 0.717) is 17.5 Å². The van der Waals surface area contributed by atoms with Gasteiger partial charge in [0.25, 0.3) is 0 Å². The van der Waals surface area contributed by atoms with E-state index in [1.54, 1.807) is 0 Å². The summed E-state index contributed by atoms with van der Waals surface area (Å²) in [5, 5.41) is 9.96. The summed E-state index contributed by atoms with van der Waals surface area (Å²) in [7, 11) is 0. The second-order valence-corrected chi connectivity index (χ2v) is 15.6. The Morgan fingerprint density at radius 1 is 0.300 bits per heavy atom. The highest BCUT2D eigenvalue weighted by Crippen LogP contribution is 2.43. The number of fused-ring (bicyclic) bond motifs is 10. The van der Waals surface area contributed by atoms with Crippen LogP contribution in [0.25, 0.3) is 122 Å². The summed E-state index contributed by atoms with van der Waals surface area (Å²) >= 11 is 0. The average molecular weight is 764 g/mol. The molecular formula is C55H33N5. The second kappa shape index (κ2) is 12.7. The molecule has 5 nitrogen and oxygen atoms in total. The maximum absolute atomic E-state index is 5.25. The van der Waals surface area contributed by atoms with Gasteiger partial charge in [0.1, 0.15) is 0 Å². The van der Waals surface area contributed by atoms with Gasteiger partial charge in [-0.3, -0.25) is 0 Å². The van der Waals surface area contributed by atoms with Crippen LogP contribution in [0, 0.1) is 0 Å². The van der Waals surface area contributed by atoms with Crippen LogP contribution in [-0.2, 0) is 0 Å². The molecule has 13 aromatic rings. The monoisotopic (exact) mass is 763 g/mol. The molecule has 0 spiro atoms. The molecular weight excluding hydrogens is 731 g/mol. The van der Waals surface area contributed by atoms with Crippen molar-refractivity contribution >= 4 is 70.7 Å². The van der Waals surface area contributed by atoms with Crippen LogP contribution >= 0.6 is 0 Å². The summed E-state index contributed by atoms with van der Waals surface area (Å²) in [5.74, 6) is 1.88. The second-order valence-electron chi connectivity index (χ2n) is 15.6. The van der Waals surface area contributed by atoms with Crippen LogP contribution in [0.4, 0.5) is 0 Å². The first kappa shape index (κ1) is 32.9. The Bertz CT molecular complexity index is 3820. The summed E-state index contributed by atoms with van der Waals surface area (Å²) in [6, 6.07) is 71.4. The van der Waals surface area contributed by atoms with Crippen molar-refractivity contribution in [2.24, 2.45) is 0 Å². The summed E-state index contributed by atoms with van der Waals surface area (Å²) < 4.78 is 4.89. The van der Waals surface area contributed by atoms with Crippen LogP contribution in [0.2, 0.25) is 0 Å². The lowest BCUT2D eigenvalue weighted by molar-refractivity contribution is 1.07. The molecule has 0 radical (unpaired) electrons. The molecule has 0 aliphatic carbocycles. The molecule has 0 N–H and O–H groups in total. The zero-order valence-corrected chi connectivity index (χ0v) is 32.3. The fraction of sp³-hybridized carbons (Fsp3) is 0. The van der Waals surface area contributed by atoms with Crippen LogP contribution in [0.15, 0.2) is 200 Å². The lowest BCUT2D eigenvalue weighted by Crippen LogP contribution is -2.02. The van der Waals surface area contributed by atoms with Gasteiger partial charge in [-0.05, 0) is 64.4 Å². The maximum atomic E-state index is 5.25. The van der Waals surface area contributed by atoms with Gasteiger partial charge in [0, 0.05) is 54.7 Å². The standard InChI is InChI=1S/C55H33N5/c1-3-15-34(16-4-1)40-23-9-10-25-44(40)55-57-53(35-17-5-2-6-18-35)56-54(58-55)38-21-13-22-39(29-38)59-49-31-37-20-8-7-19-36(37)30-45(49)47-32-46-43-27-14-26-42-41-24-11-12-28-48(41)60(52(42)43)51(46)33-50(47)59/h1-33H. The largest absolute Gasteiger partial charge is 0.309 e. The van der Waals surface area contributed by atoms with E-state index in [2.05, 4.69) is 185 Å². The van der Waals surface area contributed by atoms with Crippen molar-refractivity contribution in [3.63, 3.8) is 0 Å². The first-order valence-electron chi connectivity index (χ1n) is 20.4. The van der Waals surface area contributed by atoms with Gasteiger partial charge in [-0.1, -0.05) is 158 Å². The molecule has 0 bridgehead atoms. The first-order valence-corrected chi connectivity index (χ1v) is 20.4. The Labute approximate surface area is 344 Å². The quantitative estimate of drug-likeness (QED) is 0.175. The third-order valence-corrected chi connectivity index (χ3v) is 12.3. The number of benzene rings is 9. The van der Waals surface area contributed by atoms with Gasteiger partial charge < -0.3 is 8.97 Å². The summed E-state index contributed by atoms with van der Waals surface area (Å²) in [5.41, 5.74) is 12.0. The first-order chi connectivity index (χ1) is 29.7. The summed E-state index contributed by atoms with van der Waals surface area (Å²) in [6.45, 7) is 0. The fourth-order valence-electron chi connectivity index (χ4n) is 9.58. The van der Waals surface area contributed by atoms with Crippen molar-refractivity contribution in [3.05, 3.63) is 200 Å². The molecule has 4 heterocycles. The Balaban J connectivity index is 1.08. The van der Waals surface area contributed by atoms with E-state index < -0.39 is 0 Å². The smallest absolute Gasteiger partial charge is 0.164 e. The molecule has 0 amide bonds. The predicted octanol–water partition coefficient (Wildman–Crippen LogP) is 13.9. The topological polar surface area (TPSA) is 48.0 Å². The normalized spacial score (nSPS) is 12.0. The van der Waals surface area contributed by atoms with E-state index >= 15 is 0 Å². The Morgan fingerprint density at radius 2 is 0.850 bits per heavy atom. The molecule has 4 aromatic heterocycles. The molecule has 0 unspecified atom stereocenters. The third kappa shape index (κ3) is 4.84. The van der Waals surface area contributed by atoms with Crippen molar-refractivity contribution in [3.8, 4) is 51.0 Å². The zero-order valence-electron chi connectivity index (χ0n) is 32.3. The van der Waals surface area contributed by atoms with Crippen LogP contribution in [-0.4, -0.2) is 23.9 Å². The SMILES string of the molecule is c1ccc(-c2nc(-c3cccc(-n4c5cc6ccccc6cc5c5cc6c7cccc8c9ccccc9n(c6cc54)c87)c3)nc(-c3ccccc3-c3ccccc3)n2)cc1. The Kier molecular flexibility index (Phi) is 6.95. The number of para-hydroxylation sites is 2. The van der Waals surface area contributed by atoms with E-state index in [1.165, 1.54) is 59.6 Å². The number of rotatable bonds is 5. The van der Waals surface area contributed by atoms with Gasteiger partial charge in [0.05, 0.1) is 27.6 Å². The minimum Gasteiger partial charge on any atom is -0.309 e. The van der Waals surface area contributed by atoms with Gasteiger partial charge >= 0.3 is 0 Å². The lowest BCUT2D eigenvalue weighted by Gasteiger charge is -2.13. The minimum absolute atomic E-state index is 0.618. The van der Waals surface area contributed by atoms with Crippen LogP contribution in [0.1, 0.15) is 0 Å². The van der Waals surface area contributed by atoms with Crippen molar-refractivity contribution in [2.45, 2.75) is 0 Å². The van der Waals surface area contributed by atoms with Crippen molar-refractivity contribution in [1.82, 2.24) is 23.9 Å². The Hall–Kier alpha value is -8.15. The van der Waals surface area contributed by atoms with E-state index in [0.717, 1.165) is 44.5 Å². The van der Waals surface area contributed by atoms with Crippen molar-refractivity contribution in [2.75, 3.05) is 0 Å². The molecule has 13 rings (SSSR count). The van der Waals surface area contributed by atoms with Gasteiger partial charge in [0.2, 0.25) is 0 Å². The Morgan fingerprint density at radius 3 is 1.67 bits per heavy atom. The molecule has 0 atom stereocenters. The number of nitrogens with zero attached hydrogens (tertiary/aromatic N) is 5. The molecule has 278 valence electrons. The van der Waals surface area contributed by atoms with Crippen molar-refractivity contribution < 1.29 is 0 Å². The molecule has 0 fully saturated rings. The number of hydrogen-bond acceptors (Lipinski definition) is 3. The van der Waals surface area contributed by atoms with Gasteiger partial charge in [0.15, 0.2) is 17.5 Å². The van der Waals surface area contributed by atoms with Gasteiger partial charge in [-0.15, -0.1) is 0 Å². The predicted molar refractivity (Wildman–Crippen MR) is 248 cm³/mol. The fourth-order valence-corrected chi connectivity index (χ4v) is 9.58. The molecule has 60 heavy (non-hydrogen) atoms. The highest BCUT2D eigenvalue weighted by atomic mass is 15.0. The molecule has 9 aromatic carbocycles. The lowest BCUT2D eigenvalue weighted by atomic mass is 9.99. The average Bonchev–Trinajstić information content (AvgIpc) is 3.95. The molecule has 0 saturated carbocycles. The van der Waals surface area contributed by atoms with Crippen LogP contribution in [0.3, 0.4) is 0 Å². The highest BCUT2D eigenvalue weighted by molar-refractivity contribution is 6.26. The third-order valence-electron chi connectivity index (χ3n) is 12.3. The minimum atomic E-state index is 0.618. The summed E-state index contributed by atoms with van der Waals surface area (Å²) in [6.07, 6.45) is 0. The van der Waals surface area contributed by atoms with Crippen LogP contribution in [0.5, 0.6) is 0 Å². The molecule has 0 saturated heterocycles. The van der Waals surface area contributed by atoms with E-state index in [-0.39, 0.29) is 0 Å². The van der Waals surface area contributed by atoms with E-state index in [4.69, 9.17) is 15.0 Å². The van der Waals surface area contributed by atoms with Crippen molar-refractivity contribution in [1.29, 1.82) is 0 Å². The highest BCUT2D eigenvalue weighted by Gasteiger charge is 2.22. The van der Waals surface area contributed by atoms with Gasteiger partial charge in [-0.2, -0.15) is 0 Å². The number of aromatic nitrogens is 5. The summed E-state index contributed by atoms with van der Waals surface area (Å²) in [4.78, 5) is 15.5. The van der Waals surface area contributed by atoms with E-state index in [9.17, 15) is 0 Å². The molecule has 0 aliphatic rings. The van der Waals surface area contributed by atoms with Gasteiger partial charge in [-0.25, -0.2) is 15.0 Å². The van der Waals surface area contributed by atoms with E-state index in [1.807, 2.05) is 24.3 Å². The van der Waals surface area contributed by atoms with Crippen LogP contribution < -0.4 is 0 Å². The maximum Gasteiger partial charge on any atom is 0.164 e. The number of hydrogen-bond donors (Lipinski definition) is 0.